The molecule has 1 aromatic carbocycles. The van der Waals surface area contributed by atoms with Gasteiger partial charge in [0.05, 0.1) is 0 Å². The molecule has 1 aliphatic rings. The molecule has 6 heteroatoms. The van der Waals surface area contributed by atoms with Crippen LogP contribution in [0, 0.1) is 0 Å². The molecule has 0 spiro atoms. The predicted molar refractivity (Wildman–Crippen MR) is 90.9 cm³/mol. The number of piperidine rings is 1. The molecule has 3 heterocycles. The van der Waals surface area contributed by atoms with Gasteiger partial charge in [0.25, 0.3) is 5.19 Å². The van der Waals surface area contributed by atoms with Crippen LogP contribution in [0.4, 0.5) is 0 Å². The lowest BCUT2D eigenvalue weighted by Crippen LogP contribution is -2.28. The van der Waals surface area contributed by atoms with Gasteiger partial charge in [0.2, 0.25) is 0 Å². The minimum absolute atomic E-state index is 0.579. The highest BCUT2D eigenvalue weighted by Crippen LogP contribution is 2.29. The topological polar surface area (TPSA) is 51.1 Å². The van der Waals surface area contributed by atoms with Crippen molar-refractivity contribution in [3.8, 4) is 10.9 Å². The van der Waals surface area contributed by atoms with Gasteiger partial charge < -0.3 is 4.74 Å². The third-order valence-corrected chi connectivity index (χ3v) is 4.84. The summed E-state index contributed by atoms with van der Waals surface area (Å²) in [5, 5.41) is 0.579. The molecule has 4 rings (SSSR count). The average Bonchev–Trinajstić information content (AvgIpc) is 3.00. The first-order valence-electron chi connectivity index (χ1n) is 7.93. The Hall–Kier alpha value is -2.05. The van der Waals surface area contributed by atoms with Crippen LogP contribution in [0.15, 0.2) is 36.7 Å². The molecule has 1 fully saturated rings. The van der Waals surface area contributed by atoms with E-state index in [-0.39, 0.29) is 0 Å². The van der Waals surface area contributed by atoms with Crippen molar-refractivity contribution in [1.29, 1.82) is 0 Å². The third kappa shape index (κ3) is 3.48. The zero-order valence-electron chi connectivity index (χ0n) is 12.8. The van der Waals surface area contributed by atoms with Gasteiger partial charge in [-0.1, -0.05) is 29.9 Å². The largest absolute Gasteiger partial charge is 0.431 e. The van der Waals surface area contributed by atoms with E-state index in [0.29, 0.717) is 10.8 Å². The Kier molecular flexibility index (Phi) is 4.17. The molecular formula is C17H18N4OS. The molecule has 0 aliphatic carbocycles. The van der Waals surface area contributed by atoms with Crippen molar-refractivity contribution in [3.63, 3.8) is 0 Å². The highest BCUT2D eigenvalue weighted by Gasteiger charge is 2.11. The predicted octanol–water partition coefficient (Wildman–Crippen LogP) is 3.86. The number of thiazole rings is 1. The van der Waals surface area contributed by atoms with Gasteiger partial charge in [0.15, 0.2) is 10.5 Å². The number of aromatic nitrogens is 3. The maximum Gasteiger partial charge on any atom is 0.282 e. The molecule has 2 aromatic heterocycles. The minimum atomic E-state index is 0.579. The Balaban J connectivity index is 1.43. The number of fused-ring (bicyclic) bond motifs is 1. The lowest BCUT2D eigenvalue weighted by molar-refractivity contribution is 0.221. The highest BCUT2D eigenvalue weighted by molar-refractivity contribution is 7.19. The summed E-state index contributed by atoms with van der Waals surface area (Å²) in [5.41, 5.74) is 1.96. The Morgan fingerprint density at radius 1 is 1.00 bits per heavy atom. The Labute approximate surface area is 139 Å². The molecule has 3 aromatic rings. The molecule has 0 N–H and O–H groups in total. The van der Waals surface area contributed by atoms with E-state index in [9.17, 15) is 0 Å². The molecule has 0 saturated carbocycles. The summed E-state index contributed by atoms with van der Waals surface area (Å²) in [6.45, 7) is 3.45. The molecular weight excluding hydrogens is 308 g/mol. The van der Waals surface area contributed by atoms with Crippen molar-refractivity contribution in [2.75, 3.05) is 13.1 Å². The van der Waals surface area contributed by atoms with Crippen LogP contribution in [0.25, 0.3) is 10.5 Å². The van der Waals surface area contributed by atoms with Crippen molar-refractivity contribution in [2.45, 2.75) is 25.8 Å². The van der Waals surface area contributed by atoms with Crippen LogP contribution in [-0.2, 0) is 6.54 Å². The zero-order chi connectivity index (χ0) is 15.5. The summed E-state index contributed by atoms with van der Waals surface area (Å²) < 4.78 is 5.82. The molecule has 0 amide bonds. The molecule has 23 heavy (non-hydrogen) atoms. The first kappa shape index (κ1) is 14.5. The molecule has 5 nitrogen and oxygen atoms in total. The van der Waals surface area contributed by atoms with E-state index in [1.165, 1.54) is 49.3 Å². The molecule has 118 valence electrons. The average molecular weight is 326 g/mol. The zero-order valence-corrected chi connectivity index (χ0v) is 13.6. The summed E-state index contributed by atoms with van der Waals surface area (Å²) in [6, 6.07) is 8.28. The summed E-state index contributed by atoms with van der Waals surface area (Å²) in [4.78, 5) is 16.1. The van der Waals surface area contributed by atoms with Crippen LogP contribution in [0.2, 0.25) is 0 Å². The van der Waals surface area contributed by atoms with Gasteiger partial charge in [-0.25, -0.2) is 9.97 Å². The van der Waals surface area contributed by atoms with Gasteiger partial charge in [0.1, 0.15) is 5.75 Å². The van der Waals surface area contributed by atoms with Crippen LogP contribution >= 0.6 is 11.3 Å². The Morgan fingerprint density at radius 2 is 1.78 bits per heavy atom. The lowest BCUT2D eigenvalue weighted by Gasteiger charge is -2.26. The molecule has 0 unspecified atom stereocenters. The number of nitrogens with zero attached hydrogens (tertiary/aromatic N) is 4. The number of hydrogen-bond acceptors (Lipinski definition) is 6. The van der Waals surface area contributed by atoms with Crippen LogP contribution in [0.5, 0.6) is 10.9 Å². The van der Waals surface area contributed by atoms with Crippen molar-refractivity contribution in [2.24, 2.45) is 0 Å². The fraction of sp³-hybridized carbons (Fsp3) is 0.353. The summed E-state index contributed by atoms with van der Waals surface area (Å²) in [5.74, 6) is 0.798. The normalized spacial score (nSPS) is 15.8. The SMILES string of the molecule is c1cnc2sc(Oc3ccc(CN4CCCCC4)cc3)nc2n1. The summed E-state index contributed by atoms with van der Waals surface area (Å²) in [6.07, 6.45) is 7.32. The van der Waals surface area contributed by atoms with Crippen molar-refractivity contribution in [3.05, 3.63) is 42.2 Å². The Morgan fingerprint density at radius 3 is 2.57 bits per heavy atom. The first-order valence-corrected chi connectivity index (χ1v) is 8.75. The fourth-order valence-corrected chi connectivity index (χ4v) is 3.58. The number of likely N-dealkylation sites (tertiary alicyclic amines) is 1. The first-order chi connectivity index (χ1) is 11.4. The molecule has 0 radical (unpaired) electrons. The lowest BCUT2D eigenvalue weighted by atomic mass is 10.1. The van der Waals surface area contributed by atoms with Crippen LogP contribution < -0.4 is 4.74 Å². The van der Waals surface area contributed by atoms with E-state index < -0.39 is 0 Å². The standard InChI is InChI=1S/C17H18N4OS/c1-2-10-21(11-3-1)12-13-4-6-14(7-5-13)22-17-20-15-16(23-17)19-9-8-18-15/h4-9H,1-3,10-12H2. The minimum Gasteiger partial charge on any atom is -0.431 e. The van der Waals surface area contributed by atoms with E-state index in [2.05, 4.69) is 32.0 Å². The number of hydrogen-bond donors (Lipinski definition) is 0. The molecule has 0 atom stereocenters. The van der Waals surface area contributed by atoms with Gasteiger partial charge >= 0.3 is 0 Å². The summed E-state index contributed by atoms with van der Waals surface area (Å²) in [7, 11) is 0. The van der Waals surface area contributed by atoms with Crippen LogP contribution in [0.3, 0.4) is 0 Å². The van der Waals surface area contributed by atoms with E-state index in [1.54, 1.807) is 12.4 Å². The van der Waals surface area contributed by atoms with Crippen molar-refractivity contribution < 1.29 is 4.74 Å². The van der Waals surface area contributed by atoms with Gasteiger partial charge in [-0.2, -0.15) is 4.98 Å². The second-order valence-corrected chi connectivity index (χ2v) is 6.69. The second-order valence-electron chi connectivity index (χ2n) is 5.75. The molecule has 1 aliphatic heterocycles. The molecule has 0 bridgehead atoms. The number of benzene rings is 1. The monoisotopic (exact) mass is 326 g/mol. The maximum absolute atomic E-state index is 5.82. The van der Waals surface area contributed by atoms with Gasteiger partial charge in [-0.3, -0.25) is 4.90 Å². The van der Waals surface area contributed by atoms with E-state index in [0.717, 1.165) is 17.1 Å². The second kappa shape index (κ2) is 6.60. The van der Waals surface area contributed by atoms with Gasteiger partial charge in [-0.05, 0) is 43.6 Å². The van der Waals surface area contributed by atoms with Crippen LogP contribution in [-0.4, -0.2) is 32.9 Å². The third-order valence-electron chi connectivity index (χ3n) is 4.01. The van der Waals surface area contributed by atoms with E-state index >= 15 is 0 Å². The number of rotatable bonds is 4. The Bertz CT molecular complexity index is 748. The van der Waals surface area contributed by atoms with E-state index in [4.69, 9.17) is 4.74 Å². The van der Waals surface area contributed by atoms with E-state index in [1.807, 2.05) is 12.1 Å². The van der Waals surface area contributed by atoms with Gasteiger partial charge in [-0.15, -0.1) is 0 Å². The van der Waals surface area contributed by atoms with Crippen molar-refractivity contribution in [1.82, 2.24) is 19.9 Å². The highest BCUT2D eigenvalue weighted by atomic mass is 32.1. The maximum atomic E-state index is 5.82. The fourth-order valence-electron chi connectivity index (χ4n) is 2.84. The summed E-state index contributed by atoms with van der Waals surface area (Å²) >= 11 is 1.41. The number of ether oxygens (including phenoxy) is 1. The molecule has 1 saturated heterocycles. The quantitative estimate of drug-likeness (QED) is 0.728. The van der Waals surface area contributed by atoms with Crippen LogP contribution in [0.1, 0.15) is 24.8 Å². The van der Waals surface area contributed by atoms with Crippen molar-refractivity contribution >= 4 is 21.8 Å². The smallest absolute Gasteiger partial charge is 0.282 e. The van der Waals surface area contributed by atoms with Gasteiger partial charge in [0, 0.05) is 18.9 Å².